The first-order chi connectivity index (χ1) is 9.38. The fraction of sp³-hybridized carbons (Fsp3) is 0.417. The van der Waals surface area contributed by atoms with Crippen LogP contribution in [-0.4, -0.2) is 33.1 Å². The summed E-state index contributed by atoms with van der Waals surface area (Å²) >= 11 is 0. The third-order valence-electron chi connectivity index (χ3n) is 3.19. The highest BCUT2D eigenvalue weighted by Crippen LogP contribution is 2.34. The Bertz CT molecular complexity index is 603. The van der Waals surface area contributed by atoms with Crippen LogP contribution in [-0.2, 0) is 22.0 Å². The van der Waals surface area contributed by atoms with Crippen LogP contribution in [0.25, 0.3) is 0 Å². The van der Waals surface area contributed by atoms with Gasteiger partial charge in [-0.3, -0.25) is 19.1 Å². The number of fused-ring (bicyclic) bond motifs is 1. The molecule has 0 fully saturated rings. The fourth-order valence-corrected chi connectivity index (χ4v) is 2.24. The second-order valence-corrected chi connectivity index (χ2v) is 6.50. The third kappa shape index (κ3) is 2.96. The van der Waals surface area contributed by atoms with E-state index in [2.05, 4.69) is 10.6 Å². The van der Waals surface area contributed by atoms with Gasteiger partial charge < -0.3 is 10.6 Å². The summed E-state index contributed by atoms with van der Waals surface area (Å²) in [6.45, 7) is 2.15. The molecule has 1 aromatic carbocycles. The molecule has 0 aromatic heterocycles. The predicted molar refractivity (Wildman–Crippen MR) is 77.4 cm³/mol. The summed E-state index contributed by atoms with van der Waals surface area (Å²) in [7, 11) is -1.01. The second-order valence-electron chi connectivity index (χ2n) is 4.70. The number of nitrogens with zero attached hydrogens (tertiary/aromatic N) is 1. The average Bonchev–Trinajstić information content (AvgIpc) is 2.73. The first kappa shape index (κ1) is 14.4. The van der Waals surface area contributed by atoms with Gasteiger partial charge in [0.1, 0.15) is 5.69 Å². The van der Waals surface area contributed by atoms with Crippen molar-refractivity contribution < 1.29 is 13.9 Å². The highest BCUT2D eigenvalue weighted by molar-refractivity contribution is 7.84. The van der Waals surface area contributed by atoms with Gasteiger partial charge in [0.05, 0.1) is 11.3 Å². The van der Waals surface area contributed by atoms with Crippen LogP contribution in [0.1, 0.15) is 12.5 Å². The minimum atomic E-state index is -1.01. The van der Waals surface area contributed by atoms with Crippen molar-refractivity contribution in [2.24, 2.45) is 0 Å². The molecule has 0 saturated heterocycles. The van der Waals surface area contributed by atoms with Crippen molar-refractivity contribution in [1.82, 2.24) is 0 Å². The number of benzene rings is 1. The molecule has 1 aromatic rings. The van der Waals surface area contributed by atoms with Crippen LogP contribution < -0.4 is 10.6 Å². The van der Waals surface area contributed by atoms with Gasteiger partial charge >= 0.3 is 0 Å². The lowest BCUT2D eigenvalue weighted by Crippen LogP contribution is -2.21. The van der Waals surface area contributed by atoms with Crippen molar-refractivity contribution in [3.8, 4) is 0 Å². The number of anilines is 2. The van der Waals surface area contributed by atoms with Crippen LogP contribution >= 0.6 is 0 Å². The molecule has 2 N–H and O–H groups in total. The molecule has 8 heteroatoms. The summed E-state index contributed by atoms with van der Waals surface area (Å²) in [4.78, 5) is 21.9. The molecule has 1 heterocycles. The number of nitro groups is 1. The monoisotopic (exact) mass is 297 g/mol. The van der Waals surface area contributed by atoms with E-state index in [1.165, 1.54) is 6.07 Å². The molecule has 0 radical (unpaired) electrons. The number of amides is 1. The molecule has 0 spiro atoms. The summed E-state index contributed by atoms with van der Waals surface area (Å²) in [6, 6.07) is 2.97. The van der Waals surface area contributed by atoms with Crippen molar-refractivity contribution in [2.75, 3.05) is 23.4 Å². The number of rotatable bonds is 5. The predicted octanol–water partition coefficient (Wildman–Crippen LogP) is 1.27. The van der Waals surface area contributed by atoms with Crippen molar-refractivity contribution in [3.05, 3.63) is 27.8 Å². The zero-order valence-electron chi connectivity index (χ0n) is 11.1. The molecule has 1 aliphatic rings. The maximum absolute atomic E-state index is 11.3. The molecule has 0 bridgehead atoms. The molecule has 1 amide bonds. The maximum Gasteiger partial charge on any atom is 0.292 e. The van der Waals surface area contributed by atoms with Crippen molar-refractivity contribution in [1.29, 1.82) is 0 Å². The number of hydrogen-bond acceptors (Lipinski definition) is 5. The normalized spacial score (nSPS) is 16.2. The van der Waals surface area contributed by atoms with E-state index in [1.807, 2.05) is 0 Å². The average molecular weight is 297 g/mol. The molecule has 0 saturated carbocycles. The van der Waals surface area contributed by atoms with E-state index in [4.69, 9.17) is 0 Å². The summed E-state index contributed by atoms with van der Waals surface area (Å²) in [5.74, 6) is -0.172. The van der Waals surface area contributed by atoms with Crippen LogP contribution in [0.4, 0.5) is 17.1 Å². The van der Waals surface area contributed by atoms with E-state index in [1.54, 1.807) is 19.2 Å². The highest BCUT2D eigenvalue weighted by atomic mass is 32.2. The molecule has 20 heavy (non-hydrogen) atoms. The van der Waals surface area contributed by atoms with E-state index >= 15 is 0 Å². The fourth-order valence-electron chi connectivity index (χ4n) is 1.93. The smallest absolute Gasteiger partial charge is 0.292 e. The SMILES string of the molecule is CC(CNc1cc2c(cc1[N+](=O)[O-])CC(=O)N2)S(C)=O. The molecule has 108 valence electrons. The first-order valence-electron chi connectivity index (χ1n) is 6.05. The summed E-state index contributed by atoms with van der Waals surface area (Å²) in [5.41, 5.74) is 1.47. The van der Waals surface area contributed by atoms with Crippen LogP contribution in [0.15, 0.2) is 12.1 Å². The van der Waals surface area contributed by atoms with E-state index in [9.17, 15) is 19.1 Å². The Morgan fingerprint density at radius 2 is 2.25 bits per heavy atom. The van der Waals surface area contributed by atoms with E-state index < -0.39 is 15.7 Å². The summed E-state index contributed by atoms with van der Waals surface area (Å²) in [6.07, 6.45) is 1.75. The Hall–Kier alpha value is -1.96. The Morgan fingerprint density at radius 1 is 1.55 bits per heavy atom. The van der Waals surface area contributed by atoms with Crippen molar-refractivity contribution in [3.63, 3.8) is 0 Å². The van der Waals surface area contributed by atoms with Gasteiger partial charge in [-0.05, 0) is 18.6 Å². The zero-order chi connectivity index (χ0) is 14.9. The first-order valence-corrected chi connectivity index (χ1v) is 7.68. The quantitative estimate of drug-likeness (QED) is 0.629. The molecule has 1 aliphatic heterocycles. The molecular weight excluding hydrogens is 282 g/mol. The van der Waals surface area contributed by atoms with Gasteiger partial charge in [0.25, 0.3) is 5.69 Å². The van der Waals surface area contributed by atoms with Crippen molar-refractivity contribution >= 4 is 33.8 Å². The molecule has 2 rings (SSSR count). The molecular formula is C12H15N3O4S. The van der Waals surface area contributed by atoms with Gasteiger partial charge in [0, 0.05) is 40.6 Å². The number of nitrogens with one attached hydrogen (secondary N) is 2. The van der Waals surface area contributed by atoms with Crippen LogP contribution in [0.3, 0.4) is 0 Å². The van der Waals surface area contributed by atoms with Gasteiger partial charge in [-0.1, -0.05) is 0 Å². The van der Waals surface area contributed by atoms with Crippen LogP contribution in [0.5, 0.6) is 0 Å². The Morgan fingerprint density at radius 3 is 2.85 bits per heavy atom. The van der Waals surface area contributed by atoms with E-state index in [0.29, 0.717) is 23.5 Å². The maximum atomic E-state index is 11.3. The minimum Gasteiger partial charge on any atom is -0.378 e. The topological polar surface area (TPSA) is 101 Å². The van der Waals surface area contributed by atoms with Crippen molar-refractivity contribution in [2.45, 2.75) is 18.6 Å². The van der Waals surface area contributed by atoms with E-state index in [0.717, 1.165) is 0 Å². The summed E-state index contributed by atoms with van der Waals surface area (Å²) < 4.78 is 11.3. The van der Waals surface area contributed by atoms with Crippen LogP contribution in [0.2, 0.25) is 0 Å². The lowest BCUT2D eigenvalue weighted by Gasteiger charge is -2.12. The number of hydrogen-bond donors (Lipinski definition) is 2. The van der Waals surface area contributed by atoms with Gasteiger partial charge in [0.15, 0.2) is 0 Å². The van der Waals surface area contributed by atoms with Gasteiger partial charge in [-0.2, -0.15) is 0 Å². The largest absolute Gasteiger partial charge is 0.378 e. The van der Waals surface area contributed by atoms with E-state index in [-0.39, 0.29) is 23.3 Å². The minimum absolute atomic E-state index is 0.0747. The lowest BCUT2D eigenvalue weighted by atomic mass is 10.1. The second kappa shape index (κ2) is 5.58. The van der Waals surface area contributed by atoms with Gasteiger partial charge in [0.2, 0.25) is 5.91 Å². The van der Waals surface area contributed by atoms with Crippen LogP contribution in [0, 0.1) is 10.1 Å². The number of carbonyl (C=O) groups is 1. The Balaban J connectivity index is 2.27. The van der Waals surface area contributed by atoms with Gasteiger partial charge in [-0.15, -0.1) is 0 Å². The van der Waals surface area contributed by atoms with Gasteiger partial charge in [-0.25, -0.2) is 0 Å². The zero-order valence-corrected chi connectivity index (χ0v) is 12.0. The number of nitro benzene ring substituents is 1. The standard InChI is InChI=1S/C12H15N3O4S/c1-7(20(2)19)6-13-10-5-9-8(4-12(16)14-9)3-11(10)15(17)18/h3,5,7,13H,4,6H2,1-2H3,(H,14,16). The molecule has 2 atom stereocenters. The molecule has 7 nitrogen and oxygen atoms in total. The Kier molecular flexibility index (Phi) is 4.03. The Labute approximate surface area is 118 Å². The molecule has 2 unspecified atom stereocenters. The lowest BCUT2D eigenvalue weighted by molar-refractivity contribution is -0.384. The highest BCUT2D eigenvalue weighted by Gasteiger charge is 2.24. The molecule has 0 aliphatic carbocycles. The third-order valence-corrected chi connectivity index (χ3v) is 4.49. The number of carbonyl (C=O) groups excluding carboxylic acids is 1. The summed E-state index contributed by atoms with van der Waals surface area (Å²) in [5, 5.41) is 16.5.